The molecule has 0 saturated carbocycles. The molecule has 0 radical (unpaired) electrons. The topological polar surface area (TPSA) is 61.3 Å². The van der Waals surface area contributed by atoms with Crippen LogP contribution in [0, 0.1) is 0 Å². The highest BCUT2D eigenvalue weighted by atomic mass is 79.9. The summed E-state index contributed by atoms with van der Waals surface area (Å²) in [7, 11) is 0. The number of hydrogen-bond acceptors (Lipinski definition) is 5. The summed E-state index contributed by atoms with van der Waals surface area (Å²) in [5.74, 6) is 0.362. The Hall–Kier alpha value is -2.73. The third kappa shape index (κ3) is 5.13. The lowest BCUT2D eigenvalue weighted by Crippen LogP contribution is -2.09. The Morgan fingerprint density at radius 2 is 1.96 bits per heavy atom. The first-order valence-corrected chi connectivity index (χ1v) is 8.96. The first-order chi connectivity index (χ1) is 12.7. The lowest BCUT2D eigenvalue weighted by Gasteiger charge is -2.10. The largest absolute Gasteiger partial charge is 0.462 e. The highest BCUT2D eigenvalue weighted by Crippen LogP contribution is 2.25. The summed E-state index contributed by atoms with van der Waals surface area (Å²) < 4.78 is 12.0. The molecule has 0 aliphatic carbocycles. The van der Waals surface area contributed by atoms with Gasteiger partial charge in [-0.05, 0) is 54.8 Å². The van der Waals surface area contributed by atoms with Crippen molar-refractivity contribution in [1.29, 1.82) is 0 Å². The maximum Gasteiger partial charge on any atom is 0.343 e. The maximum absolute atomic E-state index is 12.4. The second kappa shape index (κ2) is 9.10. The maximum atomic E-state index is 12.4. The number of aromatic nitrogens is 2. The van der Waals surface area contributed by atoms with E-state index in [1.165, 1.54) is 0 Å². The van der Waals surface area contributed by atoms with Gasteiger partial charge in [-0.25, -0.2) is 9.78 Å². The van der Waals surface area contributed by atoms with Gasteiger partial charge in [-0.3, -0.25) is 4.98 Å². The molecule has 1 aromatic carbocycles. The number of halogens is 1. The number of nitrogens with zero attached hydrogens (tertiary/aromatic N) is 2. The number of esters is 1. The average Bonchev–Trinajstić information content (AvgIpc) is 2.66. The zero-order valence-electron chi connectivity index (χ0n) is 14.0. The van der Waals surface area contributed by atoms with Gasteiger partial charge in [0.15, 0.2) is 0 Å². The van der Waals surface area contributed by atoms with Crippen LogP contribution in [0.1, 0.15) is 22.3 Å². The Bertz CT molecular complexity index is 872. The summed E-state index contributed by atoms with van der Waals surface area (Å²) in [6, 6.07) is 14.5. The number of rotatable bonds is 7. The molecular weight excluding hydrogens is 396 g/mol. The van der Waals surface area contributed by atoms with Gasteiger partial charge in [-0.15, -0.1) is 0 Å². The van der Waals surface area contributed by atoms with Gasteiger partial charge >= 0.3 is 5.97 Å². The Morgan fingerprint density at radius 1 is 1.08 bits per heavy atom. The number of benzene rings is 1. The second-order valence-electron chi connectivity index (χ2n) is 5.52. The van der Waals surface area contributed by atoms with Gasteiger partial charge in [0.25, 0.3) is 0 Å². The van der Waals surface area contributed by atoms with E-state index in [-0.39, 0.29) is 5.88 Å². The predicted molar refractivity (Wildman–Crippen MR) is 101 cm³/mol. The molecule has 0 spiro atoms. The quantitative estimate of drug-likeness (QED) is 0.411. The lowest BCUT2D eigenvalue weighted by atomic mass is 10.2. The van der Waals surface area contributed by atoms with Crippen LogP contribution >= 0.6 is 15.9 Å². The van der Waals surface area contributed by atoms with E-state index in [1.807, 2.05) is 30.5 Å². The van der Waals surface area contributed by atoms with Gasteiger partial charge in [0.1, 0.15) is 11.3 Å². The van der Waals surface area contributed by atoms with Crippen LogP contribution < -0.4 is 4.74 Å². The molecule has 26 heavy (non-hydrogen) atoms. The zero-order chi connectivity index (χ0) is 18.2. The van der Waals surface area contributed by atoms with E-state index in [1.54, 1.807) is 36.7 Å². The van der Waals surface area contributed by atoms with E-state index in [2.05, 4.69) is 25.9 Å². The van der Waals surface area contributed by atoms with E-state index in [0.29, 0.717) is 17.9 Å². The SMILES string of the molecule is O=C(OCCCc1cccnc1)c1cccnc1Oc1cccc(Br)c1. The van der Waals surface area contributed by atoms with Crippen molar-refractivity contribution in [2.24, 2.45) is 0 Å². The zero-order valence-corrected chi connectivity index (χ0v) is 15.6. The summed E-state index contributed by atoms with van der Waals surface area (Å²) >= 11 is 3.39. The van der Waals surface area contributed by atoms with Gasteiger partial charge in [-0.1, -0.05) is 28.1 Å². The fraction of sp³-hybridized carbons (Fsp3) is 0.150. The number of pyridine rings is 2. The molecule has 0 saturated heterocycles. The Balaban J connectivity index is 1.59. The Labute approximate surface area is 160 Å². The molecule has 0 amide bonds. The highest BCUT2D eigenvalue weighted by molar-refractivity contribution is 9.10. The normalized spacial score (nSPS) is 10.3. The first-order valence-electron chi connectivity index (χ1n) is 8.17. The molecule has 5 nitrogen and oxygen atoms in total. The van der Waals surface area contributed by atoms with Crippen molar-refractivity contribution in [3.8, 4) is 11.6 Å². The summed E-state index contributed by atoms with van der Waals surface area (Å²) in [5.41, 5.74) is 1.41. The number of hydrogen-bond donors (Lipinski definition) is 0. The van der Waals surface area contributed by atoms with Crippen LogP contribution in [0.4, 0.5) is 0 Å². The minimum absolute atomic E-state index is 0.225. The van der Waals surface area contributed by atoms with E-state index in [0.717, 1.165) is 22.9 Å². The number of aryl methyl sites for hydroxylation is 1. The molecule has 0 fully saturated rings. The highest BCUT2D eigenvalue weighted by Gasteiger charge is 2.15. The van der Waals surface area contributed by atoms with Crippen molar-refractivity contribution >= 4 is 21.9 Å². The van der Waals surface area contributed by atoms with E-state index < -0.39 is 5.97 Å². The molecule has 0 atom stereocenters. The third-order valence-corrected chi connectivity index (χ3v) is 4.06. The van der Waals surface area contributed by atoms with Crippen molar-refractivity contribution in [2.75, 3.05) is 6.61 Å². The summed E-state index contributed by atoms with van der Waals surface area (Å²) in [5, 5.41) is 0. The van der Waals surface area contributed by atoms with E-state index in [4.69, 9.17) is 9.47 Å². The summed E-state index contributed by atoms with van der Waals surface area (Å²) in [4.78, 5) is 20.6. The standard InChI is InChI=1S/C20H17BrN2O3/c21-16-7-1-8-17(13-16)26-19-18(9-3-11-23-19)20(24)25-12-4-6-15-5-2-10-22-14-15/h1-3,5,7-11,13-14H,4,6,12H2. The van der Waals surface area contributed by atoms with Crippen LogP contribution in [0.5, 0.6) is 11.6 Å². The van der Waals surface area contributed by atoms with Crippen LogP contribution in [0.3, 0.4) is 0 Å². The molecule has 0 N–H and O–H groups in total. The van der Waals surface area contributed by atoms with E-state index >= 15 is 0 Å². The monoisotopic (exact) mass is 412 g/mol. The van der Waals surface area contributed by atoms with E-state index in [9.17, 15) is 4.79 Å². The summed E-state index contributed by atoms with van der Waals surface area (Å²) in [6.45, 7) is 0.318. The summed E-state index contributed by atoms with van der Waals surface area (Å²) in [6.07, 6.45) is 6.65. The molecule has 0 aliphatic rings. The molecule has 2 aromatic heterocycles. The van der Waals surface area contributed by atoms with Crippen molar-refractivity contribution < 1.29 is 14.3 Å². The van der Waals surface area contributed by atoms with Crippen molar-refractivity contribution in [3.05, 3.63) is 82.7 Å². The molecule has 0 unspecified atom stereocenters. The second-order valence-corrected chi connectivity index (χ2v) is 6.43. The van der Waals surface area contributed by atoms with Gasteiger partial charge in [0.2, 0.25) is 5.88 Å². The van der Waals surface area contributed by atoms with Crippen LogP contribution in [0.15, 0.2) is 71.6 Å². The number of carbonyl (C=O) groups is 1. The molecule has 3 rings (SSSR count). The van der Waals surface area contributed by atoms with Gasteiger partial charge in [0, 0.05) is 23.1 Å². The Morgan fingerprint density at radius 3 is 2.77 bits per heavy atom. The molecule has 0 aliphatic heterocycles. The van der Waals surface area contributed by atoms with Gasteiger partial charge < -0.3 is 9.47 Å². The van der Waals surface area contributed by atoms with Crippen LogP contribution in [-0.4, -0.2) is 22.5 Å². The van der Waals surface area contributed by atoms with Crippen molar-refractivity contribution in [2.45, 2.75) is 12.8 Å². The lowest BCUT2D eigenvalue weighted by molar-refractivity contribution is 0.0497. The average molecular weight is 413 g/mol. The van der Waals surface area contributed by atoms with Gasteiger partial charge in [0.05, 0.1) is 6.61 Å². The third-order valence-electron chi connectivity index (χ3n) is 3.57. The van der Waals surface area contributed by atoms with Crippen molar-refractivity contribution in [3.63, 3.8) is 0 Å². The molecule has 3 aromatic rings. The fourth-order valence-electron chi connectivity index (χ4n) is 2.33. The predicted octanol–water partition coefficient (Wildman–Crippen LogP) is 4.82. The van der Waals surface area contributed by atoms with Crippen LogP contribution in [-0.2, 0) is 11.2 Å². The fourth-order valence-corrected chi connectivity index (χ4v) is 2.71. The minimum atomic E-state index is -0.450. The Kier molecular flexibility index (Phi) is 6.33. The molecule has 0 bridgehead atoms. The molecule has 2 heterocycles. The van der Waals surface area contributed by atoms with Crippen LogP contribution in [0.25, 0.3) is 0 Å². The first kappa shape index (κ1) is 18.1. The van der Waals surface area contributed by atoms with Crippen molar-refractivity contribution in [1.82, 2.24) is 9.97 Å². The molecule has 6 heteroatoms. The number of ether oxygens (including phenoxy) is 2. The molecular formula is C20H17BrN2O3. The molecule has 132 valence electrons. The minimum Gasteiger partial charge on any atom is -0.462 e. The van der Waals surface area contributed by atoms with Crippen LogP contribution in [0.2, 0.25) is 0 Å². The number of carbonyl (C=O) groups excluding carboxylic acids is 1. The van der Waals surface area contributed by atoms with Gasteiger partial charge in [-0.2, -0.15) is 0 Å². The smallest absolute Gasteiger partial charge is 0.343 e.